The maximum absolute atomic E-state index is 12.8. The van der Waals surface area contributed by atoms with Gasteiger partial charge >= 0.3 is 41.5 Å². The summed E-state index contributed by atoms with van der Waals surface area (Å²) in [6, 6.07) is 17.9. The van der Waals surface area contributed by atoms with Crippen LogP contribution in [0.15, 0.2) is 93.4 Å². The molecule has 0 atom stereocenters. The minimum absolute atomic E-state index is 0. The van der Waals surface area contributed by atoms with Crippen LogP contribution in [0.2, 0.25) is 0 Å². The minimum Gasteiger partial charge on any atom is -0.870 e. The van der Waals surface area contributed by atoms with E-state index in [1.807, 2.05) is 36.4 Å². The zero-order valence-electron chi connectivity index (χ0n) is 32.2. The molecule has 0 fully saturated rings. The zero-order chi connectivity index (χ0) is 41.1. The van der Waals surface area contributed by atoms with Gasteiger partial charge < -0.3 is 35.0 Å². The predicted octanol–water partition coefficient (Wildman–Crippen LogP) is 1.51. The van der Waals surface area contributed by atoms with Crippen molar-refractivity contribution in [3.05, 3.63) is 127 Å². The average Bonchev–Trinajstić information content (AvgIpc) is 4.07. The number of benzene rings is 2. The smallest absolute Gasteiger partial charge is 0.870 e. The fraction of sp³-hybridized carbons (Fsp3) is 0.158. The number of esters is 1. The number of aromatic nitrogens is 8. The Morgan fingerprint density at radius 3 is 1.50 bits per heavy atom. The van der Waals surface area contributed by atoms with Gasteiger partial charge in [-0.2, -0.15) is 0 Å². The predicted molar refractivity (Wildman–Crippen MR) is 214 cm³/mol. The molecule has 0 aliphatic carbocycles. The van der Waals surface area contributed by atoms with Crippen LogP contribution >= 0.6 is 22.7 Å². The molecule has 0 aliphatic rings. The topological polar surface area (TPSA) is 258 Å². The minimum atomic E-state index is -1.35. The van der Waals surface area contributed by atoms with Gasteiger partial charge in [-0.1, -0.05) is 10.4 Å². The molecule has 8 rings (SSSR count). The van der Waals surface area contributed by atoms with Crippen LogP contribution in [0.1, 0.15) is 39.0 Å². The Morgan fingerprint density at radius 1 is 0.683 bits per heavy atom. The maximum atomic E-state index is 12.8. The second-order valence-electron chi connectivity index (χ2n) is 12.2. The molecule has 2 aromatic carbocycles. The first kappa shape index (κ1) is 44.7. The molecule has 0 unspecified atom stereocenters. The van der Waals surface area contributed by atoms with Crippen LogP contribution in [0.5, 0.6) is 23.0 Å². The van der Waals surface area contributed by atoms with E-state index in [9.17, 15) is 34.5 Å². The molecule has 0 amide bonds. The van der Waals surface area contributed by atoms with Gasteiger partial charge in [0.15, 0.2) is 11.5 Å². The van der Waals surface area contributed by atoms with Gasteiger partial charge in [0.25, 0.3) is 11.1 Å². The van der Waals surface area contributed by atoms with Crippen molar-refractivity contribution in [1.82, 2.24) is 39.1 Å². The summed E-state index contributed by atoms with van der Waals surface area (Å²) in [6.07, 6.45) is 3.36. The van der Waals surface area contributed by atoms with Crippen molar-refractivity contribution < 1.29 is 74.2 Å². The molecule has 0 radical (unpaired) electrons. The summed E-state index contributed by atoms with van der Waals surface area (Å²) in [6.45, 7) is 1.92. The number of thiophene rings is 2. The Kier molecular flexibility index (Phi) is 14.3. The normalized spacial score (nSPS) is 10.7. The van der Waals surface area contributed by atoms with Crippen molar-refractivity contribution in [2.75, 3.05) is 20.8 Å². The van der Waals surface area contributed by atoms with Crippen molar-refractivity contribution in [3.63, 3.8) is 0 Å². The van der Waals surface area contributed by atoms with E-state index in [1.54, 1.807) is 77.9 Å². The van der Waals surface area contributed by atoms with Gasteiger partial charge in [-0.05, 0) is 78.3 Å². The fourth-order valence-electron chi connectivity index (χ4n) is 6.00. The summed E-state index contributed by atoms with van der Waals surface area (Å²) in [5.74, 6) is -2.06. The summed E-state index contributed by atoms with van der Waals surface area (Å²) >= 11 is 2.39. The Morgan fingerprint density at radius 2 is 1.10 bits per heavy atom. The number of carboxylic acids is 1. The number of fused-ring (bicyclic) bond motifs is 2. The molecular formula is C38H33N8NaO11S2. The third-order valence-corrected chi connectivity index (χ3v) is 10.6. The molecule has 60 heavy (non-hydrogen) atoms. The number of aromatic hydroxyl groups is 2. The van der Waals surface area contributed by atoms with Gasteiger partial charge in [-0.25, -0.2) is 19.0 Å². The van der Waals surface area contributed by atoms with Gasteiger partial charge in [0.05, 0.1) is 78.1 Å². The van der Waals surface area contributed by atoms with E-state index in [2.05, 4.69) is 20.6 Å². The van der Waals surface area contributed by atoms with Crippen LogP contribution in [-0.4, -0.2) is 92.7 Å². The van der Waals surface area contributed by atoms with E-state index in [0.717, 1.165) is 28.5 Å². The Bertz CT molecular complexity index is 2920. The zero-order valence-corrected chi connectivity index (χ0v) is 35.9. The number of rotatable bonds is 11. The molecule has 6 aromatic heterocycles. The first-order valence-electron chi connectivity index (χ1n) is 17.2. The molecule has 0 bridgehead atoms. The second kappa shape index (κ2) is 19.1. The van der Waals surface area contributed by atoms with Gasteiger partial charge in [0.2, 0.25) is 0 Å². The average molecular weight is 865 g/mol. The third kappa shape index (κ3) is 8.80. The first-order chi connectivity index (χ1) is 28.0. The van der Waals surface area contributed by atoms with Crippen LogP contribution < -0.4 is 50.1 Å². The maximum Gasteiger partial charge on any atom is 1.00 e. The van der Waals surface area contributed by atoms with E-state index in [4.69, 9.17) is 14.2 Å². The van der Waals surface area contributed by atoms with E-state index in [0.29, 0.717) is 37.6 Å². The number of hydrogen-bond donors (Lipinski definition) is 3. The number of aromatic carboxylic acids is 1. The number of ether oxygens (including phenoxy) is 3. The van der Waals surface area contributed by atoms with E-state index < -0.39 is 34.6 Å². The molecule has 0 aliphatic heterocycles. The standard InChI is InChI=1S/C20H18N4O5S.C18H14N4O5S.Na.H2O/c1-3-29-20(27)16-17(25)19(26)23(15-8-9-30-18(15)16)10-12-11-24(22-21-12)13-4-6-14(28-2)7-5-13;1-27-12-4-2-11(3-5-12)22-9-10(19-20-22)8-21-13-6-7-28-16(13)14(18(25)26)15(23)17(21)24;;/h4-9,11,25H,3,10H2,1-2H3;2-7,9,23H,8H2,1H3,(H,25,26);;1H2/q;;+1;/p-1. The van der Waals surface area contributed by atoms with E-state index in [-0.39, 0.29) is 65.9 Å². The first-order valence-corrected chi connectivity index (χ1v) is 19.0. The quantitative estimate of drug-likeness (QED) is 0.123. The molecule has 0 spiro atoms. The van der Waals surface area contributed by atoms with Crippen LogP contribution in [0, 0.1) is 0 Å². The summed E-state index contributed by atoms with van der Waals surface area (Å²) in [7, 11) is 3.17. The van der Waals surface area contributed by atoms with Crippen LogP contribution in [0.4, 0.5) is 0 Å². The molecule has 22 heteroatoms. The van der Waals surface area contributed by atoms with Crippen molar-refractivity contribution >= 4 is 55.0 Å². The molecule has 0 saturated carbocycles. The van der Waals surface area contributed by atoms with Gasteiger partial charge in [0.1, 0.15) is 34.0 Å². The monoisotopic (exact) mass is 864 g/mol. The number of pyridine rings is 2. The molecule has 6 heterocycles. The number of carbonyl (C=O) groups is 2. The van der Waals surface area contributed by atoms with Crippen LogP contribution in [0.3, 0.4) is 0 Å². The van der Waals surface area contributed by atoms with Crippen molar-refractivity contribution in [1.29, 1.82) is 0 Å². The number of nitrogens with zero attached hydrogens (tertiary/aromatic N) is 8. The molecule has 304 valence electrons. The van der Waals surface area contributed by atoms with Crippen LogP contribution in [0.25, 0.3) is 31.8 Å². The Hall–Kier alpha value is -6.36. The summed E-state index contributed by atoms with van der Waals surface area (Å²) in [4.78, 5) is 49.0. The summed E-state index contributed by atoms with van der Waals surface area (Å²) in [5.41, 5.74) is 1.51. The molecule has 0 saturated heterocycles. The molecule has 4 N–H and O–H groups in total. The third-order valence-electron chi connectivity index (χ3n) is 8.78. The summed E-state index contributed by atoms with van der Waals surface area (Å²) < 4.78 is 21.9. The van der Waals surface area contributed by atoms with E-state index >= 15 is 0 Å². The largest absolute Gasteiger partial charge is 1.00 e. The second-order valence-corrected chi connectivity index (χ2v) is 14.1. The van der Waals surface area contributed by atoms with Gasteiger partial charge in [-0.3, -0.25) is 18.7 Å². The number of carbonyl (C=O) groups excluding carboxylic acids is 1. The fourth-order valence-corrected chi connectivity index (χ4v) is 7.86. The summed E-state index contributed by atoms with van der Waals surface area (Å²) in [5, 5.41) is 49.6. The van der Waals surface area contributed by atoms with Gasteiger partial charge in [0, 0.05) is 0 Å². The van der Waals surface area contributed by atoms with E-state index in [1.165, 1.54) is 20.5 Å². The molecule has 19 nitrogen and oxygen atoms in total. The molecular weight excluding hydrogens is 832 g/mol. The number of methoxy groups -OCH3 is 2. The van der Waals surface area contributed by atoms with Gasteiger partial charge in [-0.15, -0.1) is 32.9 Å². The van der Waals surface area contributed by atoms with Crippen molar-refractivity contribution in [2.24, 2.45) is 0 Å². The molecule has 8 aromatic rings. The van der Waals surface area contributed by atoms with Crippen molar-refractivity contribution in [3.8, 4) is 34.4 Å². The Balaban J connectivity index is 0.000000221. The van der Waals surface area contributed by atoms with Crippen LogP contribution in [-0.2, 0) is 17.8 Å². The SMILES string of the molecule is CCOC(=O)c1c(O)c(=O)n(Cc2cn(-c3ccc(OC)cc3)nn2)c2ccsc12.COc1ccc(-n2cc(Cn3c(=O)c(O)c(C(=O)O)c4sccc43)nn2)cc1.[Na+].[OH-]. The Labute approximate surface area is 368 Å². The number of hydrogen-bond acceptors (Lipinski definition) is 16. The van der Waals surface area contributed by atoms with Crippen molar-refractivity contribution in [2.45, 2.75) is 20.0 Å². The number of carboxylic acid groups (broad SMARTS) is 1.